The van der Waals surface area contributed by atoms with E-state index in [0.29, 0.717) is 42.1 Å². The summed E-state index contributed by atoms with van der Waals surface area (Å²) in [5.41, 5.74) is 3.55. The Balaban J connectivity index is 1.57. The molecule has 11 heteroatoms. The van der Waals surface area contributed by atoms with Crippen molar-refractivity contribution >= 4 is 29.2 Å². The van der Waals surface area contributed by atoms with Crippen LogP contribution in [0.4, 0.5) is 25.1 Å². The summed E-state index contributed by atoms with van der Waals surface area (Å²) in [7, 11) is 1.76. The van der Waals surface area contributed by atoms with E-state index in [1.807, 2.05) is 31.7 Å². The summed E-state index contributed by atoms with van der Waals surface area (Å²) < 4.78 is 35.7. The Morgan fingerprint density at radius 1 is 1.16 bits per heavy atom. The van der Waals surface area contributed by atoms with Crippen molar-refractivity contribution in [2.75, 3.05) is 18.0 Å². The van der Waals surface area contributed by atoms with Crippen molar-refractivity contribution in [1.82, 2.24) is 24.6 Å². The summed E-state index contributed by atoms with van der Waals surface area (Å²) in [4.78, 5) is 25.3. The van der Waals surface area contributed by atoms with Crippen LogP contribution in [0.3, 0.4) is 0 Å². The van der Waals surface area contributed by atoms with Gasteiger partial charge in [-0.25, -0.2) is 18.6 Å². The number of halogens is 3. The summed E-state index contributed by atoms with van der Waals surface area (Å²) in [6, 6.07) is 3.39. The molecule has 1 aromatic carbocycles. The number of carbonyl (C=O) groups excluding carboxylic acids is 1. The van der Waals surface area contributed by atoms with Crippen molar-refractivity contribution in [2.24, 2.45) is 7.05 Å². The normalized spacial score (nSPS) is 15.6. The van der Waals surface area contributed by atoms with Gasteiger partial charge in [-0.05, 0) is 68.5 Å². The van der Waals surface area contributed by atoms with Crippen LogP contribution in [-0.4, -0.2) is 49.4 Å². The van der Waals surface area contributed by atoms with Crippen molar-refractivity contribution < 1.29 is 18.3 Å². The Bertz CT molecular complexity index is 1350. The molecular formula is C26H29ClF2N6O2. The fraction of sp³-hybridized carbons (Fsp3) is 0.462. The SMILES string of the molecule is Cn1cc(-c2cc3c(cc2C(F)F)N(c2nc(Cl)nc4c2CN(C(=O)OC(C)(C)C)CC4)CCC3)cn1. The molecule has 0 aliphatic carbocycles. The van der Waals surface area contributed by atoms with E-state index in [9.17, 15) is 13.6 Å². The lowest BCUT2D eigenvalue weighted by Gasteiger charge is -2.36. The van der Waals surface area contributed by atoms with Crippen molar-refractivity contribution in [3.8, 4) is 11.1 Å². The molecule has 3 aromatic rings. The first-order valence-electron chi connectivity index (χ1n) is 12.2. The van der Waals surface area contributed by atoms with E-state index in [1.54, 1.807) is 35.1 Å². The lowest BCUT2D eigenvalue weighted by atomic mass is 9.92. The molecule has 2 aliphatic rings. The number of alkyl halides is 2. The smallest absolute Gasteiger partial charge is 0.410 e. The second-order valence-corrected chi connectivity index (χ2v) is 10.8. The number of aromatic nitrogens is 4. The molecule has 37 heavy (non-hydrogen) atoms. The maximum Gasteiger partial charge on any atom is 0.410 e. The molecule has 0 N–H and O–H groups in total. The second-order valence-electron chi connectivity index (χ2n) is 10.4. The molecule has 0 spiro atoms. The highest BCUT2D eigenvalue weighted by Gasteiger charge is 2.32. The maximum absolute atomic E-state index is 14.3. The molecule has 5 rings (SSSR count). The van der Waals surface area contributed by atoms with Gasteiger partial charge >= 0.3 is 6.09 Å². The second kappa shape index (κ2) is 9.55. The first-order valence-corrected chi connectivity index (χ1v) is 12.6. The van der Waals surface area contributed by atoms with Crippen LogP contribution in [0, 0.1) is 0 Å². The third-order valence-electron chi connectivity index (χ3n) is 6.54. The molecule has 196 valence electrons. The lowest BCUT2D eigenvalue weighted by molar-refractivity contribution is 0.0223. The molecule has 0 fully saturated rings. The standard InChI is InChI=1S/C26H29ClF2N6O2/c1-26(2,3)37-25(36)34-9-7-20-19(14-34)23(32-24(27)31-20)35-8-5-6-15-10-17(16-12-30-33(4)13-16)18(22(28)29)11-21(15)35/h10-13,22H,5-9,14H2,1-4H3. The van der Waals surface area contributed by atoms with E-state index in [1.165, 1.54) is 0 Å². The molecule has 1 amide bonds. The Morgan fingerprint density at radius 2 is 1.95 bits per heavy atom. The number of benzene rings is 1. The molecule has 4 heterocycles. The summed E-state index contributed by atoms with van der Waals surface area (Å²) in [6.07, 6.45) is 2.29. The van der Waals surface area contributed by atoms with Crippen LogP contribution < -0.4 is 4.90 Å². The predicted octanol–water partition coefficient (Wildman–Crippen LogP) is 5.85. The molecular weight excluding hydrogens is 502 g/mol. The van der Waals surface area contributed by atoms with Gasteiger partial charge in [-0.2, -0.15) is 10.1 Å². The van der Waals surface area contributed by atoms with Gasteiger partial charge in [0.2, 0.25) is 5.28 Å². The minimum Gasteiger partial charge on any atom is -0.444 e. The summed E-state index contributed by atoms with van der Waals surface area (Å²) >= 11 is 6.32. The highest BCUT2D eigenvalue weighted by atomic mass is 35.5. The minimum atomic E-state index is -2.67. The number of amides is 1. The van der Waals surface area contributed by atoms with Crippen LogP contribution in [0.15, 0.2) is 24.5 Å². The van der Waals surface area contributed by atoms with Gasteiger partial charge in [0.05, 0.1) is 18.4 Å². The Labute approximate surface area is 219 Å². The number of rotatable bonds is 3. The van der Waals surface area contributed by atoms with Crippen molar-refractivity contribution in [3.63, 3.8) is 0 Å². The third kappa shape index (κ3) is 5.12. The molecule has 0 bridgehead atoms. The topological polar surface area (TPSA) is 76.4 Å². The van der Waals surface area contributed by atoms with Crippen molar-refractivity contribution in [3.05, 3.63) is 52.2 Å². The van der Waals surface area contributed by atoms with E-state index in [4.69, 9.17) is 16.3 Å². The number of fused-ring (bicyclic) bond motifs is 2. The minimum absolute atomic E-state index is 0.0666. The van der Waals surface area contributed by atoms with Gasteiger partial charge in [0.1, 0.15) is 11.4 Å². The van der Waals surface area contributed by atoms with E-state index in [-0.39, 0.29) is 17.4 Å². The Morgan fingerprint density at radius 3 is 2.62 bits per heavy atom. The Kier molecular flexibility index (Phi) is 6.55. The van der Waals surface area contributed by atoms with Crippen LogP contribution in [-0.2, 0) is 31.2 Å². The first kappa shape index (κ1) is 25.4. The Hall–Kier alpha value is -3.27. The molecule has 0 radical (unpaired) electrons. The van der Waals surface area contributed by atoms with E-state index >= 15 is 0 Å². The fourth-order valence-electron chi connectivity index (χ4n) is 4.93. The van der Waals surface area contributed by atoms with E-state index < -0.39 is 18.1 Å². The third-order valence-corrected chi connectivity index (χ3v) is 6.71. The summed E-state index contributed by atoms with van der Waals surface area (Å²) in [5.74, 6) is 0.540. The van der Waals surface area contributed by atoms with Gasteiger partial charge in [0, 0.05) is 55.1 Å². The van der Waals surface area contributed by atoms with Gasteiger partial charge in [0.15, 0.2) is 0 Å². The molecule has 0 saturated carbocycles. The number of hydrogen-bond donors (Lipinski definition) is 0. The van der Waals surface area contributed by atoms with Crippen LogP contribution in [0.2, 0.25) is 5.28 Å². The highest BCUT2D eigenvalue weighted by molar-refractivity contribution is 6.28. The molecule has 2 aromatic heterocycles. The zero-order valence-corrected chi connectivity index (χ0v) is 22.0. The average Bonchev–Trinajstić information content (AvgIpc) is 3.27. The highest BCUT2D eigenvalue weighted by Crippen LogP contribution is 2.42. The largest absolute Gasteiger partial charge is 0.444 e. The molecule has 0 atom stereocenters. The van der Waals surface area contributed by atoms with E-state index in [2.05, 4.69) is 15.1 Å². The number of aryl methyl sites for hydroxylation is 2. The lowest BCUT2D eigenvalue weighted by Crippen LogP contribution is -2.41. The number of ether oxygens (including phenoxy) is 1. The van der Waals surface area contributed by atoms with Crippen LogP contribution in [0.25, 0.3) is 11.1 Å². The number of anilines is 2. The summed E-state index contributed by atoms with van der Waals surface area (Å²) in [6.45, 7) is 6.73. The van der Waals surface area contributed by atoms with Gasteiger partial charge in [-0.15, -0.1) is 0 Å². The maximum atomic E-state index is 14.3. The molecule has 0 unspecified atom stereocenters. The molecule has 8 nitrogen and oxygen atoms in total. The van der Waals surface area contributed by atoms with Crippen LogP contribution in [0.5, 0.6) is 0 Å². The van der Waals surface area contributed by atoms with Crippen LogP contribution in [0.1, 0.15) is 56.0 Å². The zero-order chi connectivity index (χ0) is 26.5. The van der Waals surface area contributed by atoms with Gasteiger partial charge in [0.25, 0.3) is 6.43 Å². The number of carbonyl (C=O) groups is 1. The predicted molar refractivity (Wildman–Crippen MR) is 136 cm³/mol. The monoisotopic (exact) mass is 530 g/mol. The average molecular weight is 531 g/mol. The molecule has 0 saturated heterocycles. The number of nitrogens with zero attached hydrogens (tertiary/aromatic N) is 6. The summed E-state index contributed by atoms with van der Waals surface area (Å²) in [5, 5.41) is 4.25. The zero-order valence-electron chi connectivity index (χ0n) is 21.3. The fourth-order valence-corrected chi connectivity index (χ4v) is 5.11. The quantitative estimate of drug-likeness (QED) is 0.396. The van der Waals surface area contributed by atoms with Crippen molar-refractivity contribution in [1.29, 1.82) is 0 Å². The molecule has 2 aliphatic heterocycles. The van der Waals surface area contributed by atoms with Gasteiger partial charge in [-0.3, -0.25) is 4.68 Å². The first-order chi connectivity index (χ1) is 17.5. The van der Waals surface area contributed by atoms with Gasteiger partial charge in [-0.1, -0.05) is 0 Å². The van der Waals surface area contributed by atoms with Crippen molar-refractivity contribution in [2.45, 2.75) is 58.6 Å². The van der Waals surface area contributed by atoms with Crippen LogP contribution >= 0.6 is 11.6 Å². The number of hydrogen-bond acceptors (Lipinski definition) is 6. The van der Waals surface area contributed by atoms with E-state index in [0.717, 1.165) is 29.7 Å². The van der Waals surface area contributed by atoms with Gasteiger partial charge < -0.3 is 14.5 Å².